The van der Waals surface area contributed by atoms with Crippen molar-refractivity contribution in [3.63, 3.8) is 0 Å². The van der Waals surface area contributed by atoms with Crippen LogP contribution < -0.4 is 9.46 Å². The van der Waals surface area contributed by atoms with Gasteiger partial charge in [0.15, 0.2) is 0 Å². The van der Waals surface area contributed by atoms with Gasteiger partial charge in [0.25, 0.3) is 0 Å². The molecule has 112 valence electrons. The Morgan fingerprint density at radius 1 is 1.10 bits per heavy atom. The molecule has 0 fully saturated rings. The van der Waals surface area contributed by atoms with Gasteiger partial charge in [-0.1, -0.05) is 36.4 Å². The van der Waals surface area contributed by atoms with Gasteiger partial charge in [-0.3, -0.25) is 0 Å². The maximum Gasteiger partial charge on any atom is 0.244 e. The van der Waals surface area contributed by atoms with Crippen molar-refractivity contribution < 1.29 is 13.2 Å². The summed E-state index contributed by atoms with van der Waals surface area (Å²) in [7, 11) is -3.61. The van der Waals surface area contributed by atoms with Gasteiger partial charge in [-0.2, -0.15) is 0 Å². The monoisotopic (exact) mass is 305 g/mol. The highest BCUT2D eigenvalue weighted by atomic mass is 32.2. The quantitative estimate of drug-likeness (QED) is 0.893. The third-order valence-electron chi connectivity index (χ3n) is 3.00. The summed E-state index contributed by atoms with van der Waals surface area (Å²) in [5, 5.41) is 0. The van der Waals surface area contributed by atoms with E-state index >= 15 is 0 Å². The Bertz CT molecular complexity index is 697. The number of benzene rings is 2. The third kappa shape index (κ3) is 4.06. The largest absolute Gasteiger partial charge is 0.492 e. The lowest BCUT2D eigenvalue weighted by atomic mass is 10.2. The SMILES string of the molecule is CCOc1ccc(C)cc1S(=O)(=O)NCc1ccccc1. The van der Waals surface area contributed by atoms with Gasteiger partial charge in [0.2, 0.25) is 10.0 Å². The highest BCUT2D eigenvalue weighted by molar-refractivity contribution is 7.89. The minimum Gasteiger partial charge on any atom is -0.492 e. The summed E-state index contributed by atoms with van der Waals surface area (Å²) in [6.45, 7) is 4.35. The van der Waals surface area contributed by atoms with Crippen molar-refractivity contribution in [1.82, 2.24) is 4.72 Å². The Hall–Kier alpha value is -1.85. The van der Waals surface area contributed by atoms with Crippen molar-refractivity contribution in [3.8, 4) is 5.75 Å². The summed E-state index contributed by atoms with van der Waals surface area (Å²) in [6, 6.07) is 14.6. The van der Waals surface area contributed by atoms with Gasteiger partial charge < -0.3 is 4.74 Å². The fraction of sp³-hybridized carbons (Fsp3) is 0.250. The highest BCUT2D eigenvalue weighted by Crippen LogP contribution is 2.25. The third-order valence-corrected chi connectivity index (χ3v) is 4.42. The van der Waals surface area contributed by atoms with Gasteiger partial charge >= 0.3 is 0 Å². The number of hydrogen-bond acceptors (Lipinski definition) is 3. The van der Waals surface area contributed by atoms with Crippen molar-refractivity contribution in [2.45, 2.75) is 25.3 Å². The molecule has 0 aromatic heterocycles. The first-order valence-electron chi connectivity index (χ1n) is 6.80. The molecule has 0 bridgehead atoms. The van der Waals surface area contributed by atoms with Gasteiger partial charge in [0, 0.05) is 6.54 Å². The average molecular weight is 305 g/mol. The van der Waals surface area contributed by atoms with Crippen molar-refractivity contribution in [1.29, 1.82) is 0 Å². The van der Waals surface area contributed by atoms with Crippen molar-refractivity contribution in [2.24, 2.45) is 0 Å². The molecule has 0 atom stereocenters. The van der Waals surface area contributed by atoms with Crippen molar-refractivity contribution in [2.75, 3.05) is 6.61 Å². The molecule has 0 aliphatic heterocycles. The number of ether oxygens (including phenoxy) is 1. The second kappa shape index (κ2) is 6.74. The Labute approximate surface area is 125 Å². The molecule has 2 aromatic carbocycles. The molecular weight excluding hydrogens is 286 g/mol. The van der Waals surface area contributed by atoms with Crippen LogP contribution in [0.2, 0.25) is 0 Å². The molecule has 0 spiro atoms. The summed E-state index contributed by atoms with van der Waals surface area (Å²) in [4.78, 5) is 0.181. The zero-order valence-corrected chi connectivity index (χ0v) is 13.0. The summed E-state index contributed by atoms with van der Waals surface area (Å²) in [5.41, 5.74) is 1.78. The molecule has 0 amide bonds. The molecule has 2 rings (SSSR count). The Kier molecular flexibility index (Phi) is 4.98. The van der Waals surface area contributed by atoms with E-state index < -0.39 is 10.0 Å². The highest BCUT2D eigenvalue weighted by Gasteiger charge is 2.19. The van der Waals surface area contributed by atoms with Gasteiger partial charge in [-0.05, 0) is 37.1 Å². The van der Waals surface area contributed by atoms with E-state index in [4.69, 9.17) is 4.74 Å². The van der Waals surface area contributed by atoms with Gasteiger partial charge in [0.05, 0.1) is 6.61 Å². The molecular formula is C16H19NO3S. The van der Waals surface area contributed by atoms with E-state index in [0.717, 1.165) is 11.1 Å². The number of sulfonamides is 1. The zero-order valence-electron chi connectivity index (χ0n) is 12.2. The fourth-order valence-corrected chi connectivity index (χ4v) is 3.20. The minimum atomic E-state index is -3.61. The summed E-state index contributed by atoms with van der Waals surface area (Å²) in [6.07, 6.45) is 0. The van der Waals surface area contributed by atoms with Crippen LogP contribution in [0.1, 0.15) is 18.1 Å². The molecule has 21 heavy (non-hydrogen) atoms. The van der Waals surface area contributed by atoms with Crippen LogP contribution in [-0.2, 0) is 16.6 Å². The van der Waals surface area contributed by atoms with Gasteiger partial charge in [0.1, 0.15) is 10.6 Å². The van der Waals surface area contributed by atoms with Gasteiger partial charge in [-0.15, -0.1) is 0 Å². The molecule has 0 saturated carbocycles. The van der Waals surface area contributed by atoms with Crippen LogP contribution in [0.4, 0.5) is 0 Å². The van der Waals surface area contributed by atoms with E-state index in [0.29, 0.717) is 12.4 Å². The number of hydrogen-bond donors (Lipinski definition) is 1. The predicted octanol–water partition coefficient (Wildman–Crippen LogP) is 2.87. The van der Waals surface area contributed by atoms with Crippen LogP contribution in [0.5, 0.6) is 5.75 Å². The first-order valence-corrected chi connectivity index (χ1v) is 8.28. The van der Waals surface area contributed by atoms with Crippen LogP contribution in [0.15, 0.2) is 53.4 Å². The predicted molar refractivity (Wildman–Crippen MR) is 82.8 cm³/mol. The van der Waals surface area contributed by atoms with E-state index in [2.05, 4.69) is 4.72 Å². The first-order chi connectivity index (χ1) is 10.0. The number of rotatable bonds is 6. The maximum absolute atomic E-state index is 12.5. The minimum absolute atomic E-state index is 0.181. The Morgan fingerprint density at radius 2 is 1.81 bits per heavy atom. The maximum atomic E-state index is 12.5. The molecule has 0 aliphatic rings. The number of nitrogens with one attached hydrogen (secondary N) is 1. The lowest BCUT2D eigenvalue weighted by Crippen LogP contribution is -2.24. The van der Waals surface area contributed by atoms with Gasteiger partial charge in [-0.25, -0.2) is 13.1 Å². The lowest BCUT2D eigenvalue weighted by molar-refractivity contribution is 0.331. The van der Waals surface area contributed by atoms with Crippen LogP contribution in [-0.4, -0.2) is 15.0 Å². The molecule has 0 radical (unpaired) electrons. The van der Waals surface area contributed by atoms with E-state index in [-0.39, 0.29) is 11.4 Å². The second-order valence-electron chi connectivity index (χ2n) is 4.69. The summed E-state index contributed by atoms with van der Waals surface area (Å²) < 4.78 is 32.9. The molecule has 4 nitrogen and oxygen atoms in total. The molecule has 0 aliphatic carbocycles. The van der Waals surface area contributed by atoms with Crippen LogP contribution >= 0.6 is 0 Å². The second-order valence-corrected chi connectivity index (χ2v) is 6.43. The molecule has 0 saturated heterocycles. The lowest BCUT2D eigenvalue weighted by Gasteiger charge is -2.12. The smallest absolute Gasteiger partial charge is 0.244 e. The summed E-state index contributed by atoms with van der Waals surface area (Å²) >= 11 is 0. The van der Waals surface area contributed by atoms with E-state index in [1.54, 1.807) is 12.1 Å². The standard InChI is InChI=1S/C16H19NO3S/c1-3-20-15-10-9-13(2)11-16(15)21(18,19)17-12-14-7-5-4-6-8-14/h4-11,17H,3,12H2,1-2H3. The van der Waals surface area contributed by atoms with Crippen LogP contribution in [0.3, 0.4) is 0 Å². The number of aryl methyl sites for hydroxylation is 1. The normalized spacial score (nSPS) is 11.3. The van der Waals surface area contributed by atoms with E-state index in [1.807, 2.05) is 50.2 Å². The van der Waals surface area contributed by atoms with E-state index in [1.165, 1.54) is 0 Å². The fourth-order valence-electron chi connectivity index (χ4n) is 1.95. The molecule has 5 heteroatoms. The molecule has 1 N–H and O–H groups in total. The van der Waals surface area contributed by atoms with Crippen molar-refractivity contribution in [3.05, 3.63) is 59.7 Å². The van der Waals surface area contributed by atoms with Crippen LogP contribution in [0, 0.1) is 6.92 Å². The molecule has 2 aromatic rings. The first kappa shape index (κ1) is 15.5. The van der Waals surface area contributed by atoms with E-state index in [9.17, 15) is 8.42 Å². The molecule has 0 unspecified atom stereocenters. The topological polar surface area (TPSA) is 55.4 Å². The summed E-state index contributed by atoms with van der Waals surface area (Å²) in [5.74, 6) is 0.378. The average Bonchev–Trinajstić information content (AvgIpc) is 2.48. The Balaban J connectivity index is 2.24. The molecule has 0 heterocycles. The van der Waals surface area contributed by atoms with Crippen LogP contribution in [0.25, 0.3) is 0 Å². The van der Waals surface area contributed by atoms with Crippen molar-refractivity contribution >= 4 is 10.0 Å². The Morgan fingerprint density at radius 3 is 2.48 bits per heavy atom. The zero-order chi connectivity index (χ0) is 15.3.